The molecule has 0 bridgehead atoms. The molecule has 0 heterocycles. The standard InChI is InChI=1S/C9H8Cl2FNO/c1-5-2-7(10)6(3-8(5)12)4-13-9(11)14/h2-3H,4H2,1H3,(H,13,14). The number of rotatable bonds is 2. The number of halogens is 3. The molecule has 0 aliphatic heterocycles. The van der Waals surface area contributed by atoms with E-state index in [1.54, 1.807) is 6.92 Å². The molecule has 0 saturated carbocycles. The van der Waals surface area contributed by atoms with Gasteiger partial charge in [-0.3, -0.25) is 4.79 Å². The van der Waals surface area contributed by atoms with Crippen molar-refractivity contribution in [3.63, 3.8) is 0 Å². The first-order valence-corrected chi connectivity index (χ1v) is 4.64. The van der Waals surface area contributed by atoms with Gasteiger partial charge in [0.25, 0.3) is 0 Å². The number of nitrogens with one attached hydrogen (secondary N) is 1. The number of carbonyl (C=O) groups is 1. The summed E-state index contributed by atoms with van der Waals surface area (Å²) < 4.78 is 13.1. The molecule has 1 amide bonds. The van der Waals surface area contributed by atoms with Crippen molar-refractivity contribution in [2.24, 2.45) is 0 Å². The van der Waals surface area contributed by atoms with Crippen LogP contribution in [-0.2, 0) is 6.54 Å². The van der Waals surface area contributed by atoms with Crippen molar-refractivity contribution < 1.29 is 9.18 Å². The number of aryl methyl sites for hydroxylation is 1. The molecule has 0 saturated heterocycles. The predicted octanol–water partition coefficient (Wildman–Crippen LogP) is 3.24. The third-order valence-electron chi connectivity index (χ3n) is 1.75. The molecule has 1 rings (SSSR count). The fraction of sp³-hybridized carbons (Fsp3) is 0.222. The molecule has 1 aromatic carbocycles. The zero-order valence-electron chi connectivity index (χ0n) is 7.40. The zero-order valence-corrected chi connectivity index (χ0v) is 8.92. The Bertz CT molecular complexity index is 368. The summed E-state index contributed by atoms with van der Waals surface area (Å²) in [4.78, 5) is 10.4. The second kappa shape index (κ2) is 4.62. The van der Waals surface area contributed by atoms with Gasteiger partial charge in [-0.25, -0.2) is 4.39 Å². The van der Waals surface area contributed by atoms with Gasteiger partial charge in [-0.1, -0.05) is 11.6 Å². The largest absolute Gasteiger partial charge is 0.338 e. The lowest BCUT2D eigenvalue weighted by Gasteiger charge is -2.06. The maximum atomic E-state index is 13.1. The van der Waals surface area contributed by atoms with Crippen molar-refractivity contribution >= 4 is 28.6 Å². The van der Waals surface area contributed by atoms with E-state index < -0.39 is 5.37 Å². The van der Waals surface area contributed by atoms with E-state index in [-0.39, 0.29) is 12.4 Å². The maximum absolute atomic E-state index is 13.1. The van der Waals surface area contributed by atoms with Crippen LogP contribution < -0.4 is 5.32 Å². The van der Waals surface area contributed by atoms with E-state index in [4.69, 9.17) is 23.2 Å². The molecule has 76 valence electrons. The minimum atomic E-state index is -0.693. The van der Waals surface area contributed by atoms with Gasteiger partial charge in [0.2, 0.25) is 0 Å². The molecule has 0 aliphatic rings. The monoisotopic (exact) mass is 235 g/mol. The summed E-state index contributed by atoms with van der Waals surface area (Å²) in [6, 6.07) is 2.79. The Morgan fingerprint density at radius 1 is 1.57 bits per heavy atom. The Labute approximate surface area is 91.0 Å². The van der Waals surface area contributed by atoms with Crippen LogP contribution in [0.4, 0.5) is 9.18 Å². The Morgan fingerprint density at radius 2 is 2.21 bits per heavy atom. The molecule has 5 heteroatoms. The number of benzene rings is 1. The normalized spacial score (nSPS) is 10.0. The van der Waals surface area contributed by atoms with Crippen molar-refractivity contribution in [1.29, 1.82) is 0 Å². The van der Waals surface area contributed by atoms with Crippen LogP contribution in [-0.4, -0.2) is 5.37 Å². The topological polar surface area (TPSA) is 29.1 Å². The lowest BCUT2D eigenvalue weighted by atomic mass is 10.1. The zero-order chi connectivity index (χ0) is 10.7. The van der Waals surface area contributed by atoms with E-state index in [9.17, 15) is 9.18 Å². The first-order chi connectivity index (χ1) is 6.50. The Kier molecular flexibility index (Phi) is 3.72. The summed E-state index contributed by atoms with van der Waals surface area (Å²) in [6.07, 6.45) is 0. The molecule has 0 spiro atoms. The smallest absolute Gasteiger partial charge is 0.314 e. The molecular weight excluding hydrogens is 228 g/mol. The molecule has 0 atom stereocenters. The van der Waals surface area contributed by atoms with Gasteiger partial charge < -0.3 is 5.32 Å². The van der Waals surface area contributed by atoms with Gasteiger partial charge in [0.15, 0.2) is 0 Å². The number of carbonyl (C=O) groups excluding carboxylic acids is 1. The molecule has 1 N–H and O–H groups in total. The Hall–Kier alpha value is -0.800. The predicted molar refractivity (Wildman–Crippen MR) is 54.2 cm³/mol. The van der Waals surface area contributed by atoms with Crippen LogP contribution in [0.1, 0.15) is 11.1 Å². The average Bonchev–Trinajstić information content (AvgIpc) is 2.09. The summed E-state index contributed by atoms with van der Waals surface area (Å²) in [7, 11) is 0. The molecule has 0 aliphatic carbocycles. The van der Waals surface area contributed by atoms with E-state index in [0.29, 0.717) is 16.1 Å². The quantitative estimate of drug-likeness (QED) is 0.619. The third kappa shape index (κ3) is 2.86. The van der Waals surface area contributed by atoms with Crippen molar-refractivity contribution in [3.8, 4) is 0 Å². The molecule has 1 aromatic rings. The van der Waals surface area contributed by atoms with Gasteiger partial charge >= 0.3 is 5.37 Å². The summed E-state index contributed by atoms with van der Waals surface area (Å²) in [5, 5.41) is 2.04. The Morgan fingerprint density at radius 3 is 2.79 bits per heavy atom. The van der Waals surface area contributed by atoms with Crippen LogP contribution in [0, 0.1) is 12.7 Å². The van der Waals surface area contributed by atoms with Crippen LogP contribution in [0.2, 0.25) is 5.02 Å². The van der Waals surface area contributed by atoms with E-state index in [0.717, 1.165) is 0 Å². The highest BCUT2D eigenvalue weighted by molar-refractivity contribution is 6.62. The molecule has 0 aromatic heterocycles. The van der Waals surface area contributed by atoms with Crippen molar-refractivity contribution in [2.45, 2.75) is 13.5 Å². The van der Waals surface area contributed by atoms with E-state index in [1.165, 1.54) is 12.1 Å². The minimum Gasteiger partial charge on any atom is -0.338 e. The maximum Gasteiger partial charge on any atom is 0.314 e. The first kappa shape index (κ1) is 11.3. The summed E-state index contributed by atoms with van der Waals surface area (Å²) in [6.45, 7) is 1.74. The van der Waals surface area contributed by atoms with Gasteiger partial charge in [-0.05, 0) is 41.8 Å². The lowest BCUT2D eigenvalue weighted by Crippen LogP contribution is -2.15. The summed E-state index contributed by atoms with van der Waals surface area (Å²) in [5.74, 6) is -0.353. The van der Waals surface area contributed by atoms with Gasteiger partial charge in [0, 0.05) is 11.6 Å². The first-order valence-electron chi connectivity index (χ1n) is 3.88. The summed E-state index contributed by atoms with van der Waals surface area (Å²) in [5.41, 5.74) is 0.972. The highest BCUT2D eigenvalue weighted by atomic mass is 35.5. The van der Waals surface area contributed by atoms with E-state index in [2.05, 4.69) is 5.32 Å². The van der Waals surface area contributed by atoms with Crippen LogP contribution in [0.25, 0.3) is 0 Å². The minimum absolute atomic E-state index is 0.123. The van der Waals surface area contributed by atoms with Gasteiger partial charge in [0.1, 0.15) is 5.82 Å². The lowest BCUT2D eigenvalue weighted by molar-refractivity contribution is 0.259. The van der Waals surface area contributed by atoms with Crippen LogP contribution >= 0.6 is 23.2 Å². The van der Waals surface area contributed by atoms with Gasteiger partial charge in [-0.15, -0.1) is 0 Å². The van der Waals surface area contributed by atoms with Crippen molar-refractivity contribution in [1.82, 2.24) is 5.32 Å². The Balaban J connectivity index is 2.87. The van der Waals surface area contributed by atoms with Crippen LogP contribution in [0.5, 0.6) is 0 Å². The van der Waals surface area contributed by atoms with Crippen molar-refractivity contribution in [2.75, 3.05) is 0 Å². The van der Waals surface area contributed by atoms with Gasteiger partial charge in [-0.2, -0.15) is 0 Å². The second-order valence-corrected chi connectivity index (χ2v) is 3.57. The van der Waals surface area contributed by atoms with E-state index >= 15 is 0 Å². The number of amides is 1. The molecule has 0 fully saturated rings. The third-order valence-corrected chi connectivity index (χ3v) is 2.23. The fourth-order valence-corrected chi connectivity index (χ4v) is 1.34. The average molecular weight is 236 g/mol. The van der Waals surface area contributed by atoms with Gasteiger partial charge in [0.05, 0.1) is 0 Å². The van der Waals surface area contributed by atoms with Crippen molar-refractivity contribution in [3.05, 3.63) is 34.1 Å². The summed E-state index contributed by atoms with van der Waals surface area (Å²) >= 11 is 10.9. The molecule has 2 nitrogen and oxygen atoms in total. The number of hydrogen-bond acceptors (Lipinski definition) is 1. The number of hydrogen-bond donors (Lipinski definition) is 1. The van der Waals surface area contributed by atoms with Crippen LogP contribution in [0.15, 0.2) is 12.1 Å². The highest BCUT2D eigenvalue weighted by Gasteiger charge is 2.06. The highest BCUT2D eigenvalue weighted by Crippen LogP contribution is 2.20. The van der Waals surface area contributed by atoms with Crippen LogP contribution in [0.3, 0.4) is 0 Å². The molecule has 14 heavy (non-hydrogen) atoms. The molecule has 0 radical (unpaired) electrons. The molecular formula is C9H8Cl2FNO. The SMILES string of the molecule is Cc1cc(Cl)c(CNC(=O)Cl)cc1F. The van der Waals surface area contributed by atoms with E-state index in [1.807, 2.05) is 0 Å². The second-order valence-electron chi connectivity index (χ2n) is 2.82. The fourth-order valence-electron chi connectivity index (χ4n) is 0.988. The molecule has 0 unspecified atom stereocenters.